The Bertz CT molecular complexity index is 1000. The van der Waals surface area contributed by atoms with Gasteiger partial charge in [0.1, 0.15) is 5.75 Å². The molecule has 1 aliphatic heterocycles. The van der Waals surface area contributed by atoms with Crippen LogP contribution in [0.15, 0.2) is 47.0 Å². The molecule has 1 fully saturated rings. The third-order valence-corrected chi connectivity index (χ3v) is 4.99. The highest BCUT2D eigenvalue weighted by molar-refractivity contribution is 5.97. The van der Waals surface area contributed by atoms with Gasteiger partial charge >= 0.3 is 0 Å². The molecule has 1 aliphatic rings. The van der Waals surface area contributed by atoms with Gasteiger partial charge in [0, 0.05) is 25.1 Å². The zero-order valence-electron chi connectivity index (χ0n) is 16.3. The molecular weight excluding hydrogens is 392 g/mol. The van der Waals surface area contributed by atoms with Crippen molar-refractivity contribution in [1.29, 1.82) is 0 Å². The predicted molar refractivity (Wildman–Crippen MR) is 112 cm³/mol. The molecule has 1 aromatic heterocycles. The lowest BCUT2D eigenvalue weighted by Crippen LogP contribution is -2.25. The lowest BCUT2D eigenvalue weighted by molar-refractivity contribution is -0.117. The molecule has 2 N–H and O–H groups in total. The van der Waals surface area contributed by atoms with E-state index in [1.165, 1.54) is 0 Å². The van der Waals surface area contributed by atoms with Crippen LogP contribution in [0.3, 0.4) is 0 Å². The molecule has 1 saturated heterocycles. The van der Waals surface area contributed by atoms with E-state index in [1.54, 1.807) is 12.0 Å². The minimum atomic E-state index is -0.151. The van der Waals surface area contributed by atoms with E-state index in [9.17, 15) is 4.79 Å². The average molecular weight is 415 g/mol. The van der Waals surface area contributed by atoms with Crippen molar-refractivity contribution in [2.45, 2.75) is 25.8 Å². The summed E-state index contributed by atoms with van der Waals surface area (Å²) in [6.07, 6.45) is 0.324. The van der Waals surface area contributed by atoms with Crippen molar-refractivity contribution in [1.82, 2.24) is 10.1 Å². The first-order chi connectivity index (χ1) is 13.6. The van der Waals surface area contributed by atoms with Gasteiger partial charge in [-0.2, -0.15) is 4.98 Å². The van der Waals surface area contributed by atoms with E-state index >= 15 is 0 Å². The number of ether oxygens (including phenoxy) is 1. The number of benzene rings is 2. The average Bonchev–Trinajstić information content (AvgIpc) is 3.35. The number of nitrogens with two attached hydrogens (primary N) is 1. The third kappa shape index (κ3) is 4.11. The fourth-order valence-corrected chi connectivity index (χ4v) is 3.42. The summed E-state index contributed by atoms with van der Waals surface area (Å²) in [5.74, 6) is 1.52. The van der Waals surface area contributed by atoms with Gasteiger partial charge in [0.05, 0.1) is 18.7 Å². The van der Waals surface area contributed by atoms with E-state index in [4.69, 9.17) is 15.0 Å². The Hall–Kier alpha value is -2.90. The summed E-state index contributed by atoms with van der Waals surface area (Å²) in [5, 5.41) is 4.09. The maximum atomic E-state index is 12.7. The highest BCUT2D eigenvalue weighted by Gasteiger charge is 2.36. The fourth-order valence-electron chi connectivity index (χ4n) is 3.42. The maximum absolute atomic E-state index is 12.7. The molecule has 1 atom stereocenters. The van der Waals surface area contributed by atoms with Gasteiger partial charge in [0.2, 0.25) is 17.6 Å². The van der Waals surface area contributed by atoms with Crippen molar-refractivity contribution in [3.63, 3.8) is 0 Å². The van der Waals surface area contributed by atoms with E-state index in [2.05, 4.69) is 10.1 Å². The molecule has 3 aromatic rings. The minimum Gasteiger partial charge on any atom is -0.495 e. The van der Waals surface area contributed by atoms with Crippen LogP contribution in [-0.2, 0) is 11.3 Å². The lowest BCUT2D eigenvalue weighted by atomic mass is 10.1. The van der Waals surface area contributed by atoms with Crippen LogP contribution in [0.1, 0.15) is 29.4 Å². The Labute approximate surface area is 175 Å². The largest absolute Gasteiger partial charge is 0.495 e. The summed E-state index contributed by atoms with van der Waals surface area (Å²) in [7, 11) is 1.60. The van der Waals surface area contributed by atoms with Crippen molar-refractivity contribution in [2.24, 2.45) is 5.73 Å². The first kappa shape index (κ1) is 20.8. The van der Waals surface area contributed by atoms with E-state index in [0.29, 0.717) is 37.0 Å². The van der Waals surface area contributed by atoms with Crippen molar-refractivity contribution < 1.29 is 14.1 Å². The van der Waals surface area contributed by atoms with Crippen molar-refractivity contribution in [3.8, 4) is 17.1 Å². The molecule has 0 saturated carbocycles. The molecule has 0 aliphatic carbocycles. The number of hydrogen-bond acceptors (Lipinski definition) is 6. The molecule has 1 unspecified atom stereocenters. The molecule has 1 amide bonds. The van der Waals surface area contributed by atoms with Crippen LogP contribution in [0.5, 0.6) is 5.75 Å². The van der Waals surface area contributed by atoms with E-state index < -0.39 is 0 Å². The molecule has 152 valence electrons. The number of halogens is 1. The second-order valence-corrected chi connectivity index (χ2v) is 6.94. The molecular formula is C21H23ClN4O3. The van der Waals surface area contributed by atoms with E-state index in [1.807, 2.05) is 49.4 Å². The van der Waals surface area contributed by atoms with Gasteiger partial charge in [-0.25, -0.2) is 0 Å². The number of anilines is 1. The van der Waals surface area contributed by atoms with Crippen LogP contribution < -0.4 is 15.4 Å². The van der Waals surface area contributed by atoms with Gasteiger partial charge in [-0.05, 0) is 30.2 Å². The second-order valence-electron chi connectivity index (χ2n) is 6.94. The quantitative estimate of drug-likeness (QED) is 0.687. The Morgan fingerprint density at radius 3 is 2.69 bits per heavy atom. The molecule has 2 aromatic carbocycles. The number of aryl methyl sites for hydroxylation is 1. The number of nitrogens with zero attached hydrogens (tertiary/aromatic N) is 3. The van der Waals surface area contributed by atoms with Gasteiger partial charge < -0.3 is 19.9 Å². The number of carbonyl (C=O) groups excluding carboxylic acids is 1. The highest BCUT2D eigenvalue weighted by atomic mass is 35.5. The summed E-state index contributed by atoms with van der Waals surface area (Å²) < 4.78 is 10.9. The normalized spacial score (nSPS) is 16.0. The van der Waals surface area contributed by atoms with Crippen molar-refractivity contribution in [3.05, 3.63) is 59.5 Å². The Balaban J connectivity index is 0.00000240. The summed E-state index contributed by atoms with van der Waals surface area (Å²) in [6.45, 7) is 2.95. The zero-order chi connectivity index (χ0) is 19.7. The monoisotopic (exact) mass is 414 g/mol. The van der Waals surface area contributed by atoms with E-state index in [0.717, 1.165) is 22.4 Å². The first-order valence-electron chi connectivity index (χ1n) is 9.17. The molecule has 0 radical (unpaired) electrons. The van der Waals surface area contributed by atoms with Gasteiger partial charge in [-0.15, -0.1) is 12.4 Å². The maximum Gasteiger partial charge on any atom is 0.232 e. The molecule has 2 heterocycles. The number of rotatable bonds is 5. The summed E-state index contributed by atoms with van der Waals surface area (Å²) >= 11 is 0. The Morgan fingerprint density at radius 2 is 2.00 bits per heavy atom. The smallest absolute Gasteiger partial charge is 0.232 e. The number of amides is 1. The summed E-state index contributed by atoms with van der Waals surface area (Å²) in [5.41, 5.74) is 9.36. The number of carbonyl (C=O) groups is 1. The summed E-state index contributed by atoms with van der Waals surface area (Å²) in [4.78, 5) is 18.9. The Morgan fingerprint density at radius 1 is 1.24 bits per heavy atom. The van der Waals surface area contributed by atoms with Crippen LogP contribution >= 0.6 is 12.4 Å². The van der Waals surface area contributed by atoms with Crippen LogP contribution in [-0.4, -0.2) is 29.7 Å². The standard InChI is InChI=1S/C21H22N4O3.ClH/c1-13-3-8-18(27-2)17(9-13)25-12-16(10-19(25)26)21-23-20(24-28-21)15-6-4-14(11-22)5-7-15;/h3-9,16H,10-12,22H2,1-2H3;1H. The second kappa shape index (κ2) is 8.63. The summed E-state index contributed by atoms with van der Waals surface area (Å²) in [6, 6.07) is 13.5. The predicted octanol–water partition coefficient (Wildman–Crippen LogP) is 3.45. The van der Waals surface area contributed by atoms with Gasteiger partial charge in [0.15, 0.2) is 0 Å². The molecule has 8 heteroatoms. The number of aromatic nitrogens is 2. The lowest BCUT2D eigenvalue weighted by Gasteiger charge is -2.19. The topological polar surface area (TPSA) is 94.5 Å². The first-order valence-corrected chi connectivity index (χ1v) is 9.17. The van der Waals surface area contributed by atoms with Gasteiger partial charge in [-0.1, -0.05) is 35.5 Å². The van der Waals surface area contributed by atoms with Crippen LogP contribution in [0.25, 0.3) is 11.4 Å². The molecule has 4 rings (SSSR count). The van der Waals surface area contributed by atoms with Crippen LogP contribution in [0.4, 0.5) is 5.69 Å². The Kier molecular flexibility index (Phi) is 6.20. The SMILES string of the molecule is COc1ccc(C)cc1N1CC(c2nc(-c3ccc(CN)cc3)no2)CC1=O.Cl. The van der Waals surface area contributed by atoms with Crippen molar-refractivity contribution in [2.75, 3.05) is 18.6 Å². The van der Waals surface area contributed by atoms with Gasteiger partial charge in [-0.3, -0.25) is 4.79 Å². The zero-order valence-corrected chi connectivity index (χ0v) is 17.1. The minimum absolute atomic E-state index is 0. The van der Waals surface area contributed by atoms with Crippen LogP contribution in [0, 0.1) is 6.92 Å². The molecule has 0 bridgehead atoms. The van der Waals surface area contributed by atoms with Crippen LogP contribution in [0.2, 0.25) is 0 Å². The van der Waals surface area contributed by atoms with Crippen molar-refractivity contribution >= 4 is 24.0 Å². The highest BCUT2D eigenvalue weighted by Crippen LogP contribution is 2.37. The number of methoxy groups -OCH3 is 1. The molecule has 29 heavy (non-hydrogen) atoms. The molecule has 7 nitrogen and oxygen atoms in total. The number of hydrogen-bond donors (Lipinski definition) is 1. The third-order valence-electron chi connectivity index (χ3n) is 4.99. The molecule has 0 spiro atoms. The van der Waals surface area contributed by atoms with Gasteiger partial charge in [0.25, 0.3) is 0 Å². The van der Waals surface area contributed by atoms with E-state index in [-0.39, 0.29) is 24.2 Å². The fraction of sp³-hybridized carbons (Fsp3) is 0.286.